The molecule has 0 bridgehead atoms. The van der Waals surface area contributed by atoms with E-state index in [1.807, 2.05) is 0 Å². The predicted octanol–water partition coefficient (Wildman–Crippen LogP) is 1.96. The van der Waals surface area contributed by atoms with E-state index >= 15 is 0 Å². The molecule has 0 aliphatic carbocycles. The molecule has 0 aromatic carbocycles. The molecular formula is C4F4O2. The highest BCUT2D eigenvalue weighted by Gasteiger charge is 2.23. The van der Waals surface area contributed by atoms with E-state index in [2.05, 4.69) is 9.36 Å². The molecule has 0 unspecified atom stereocenters. The third-order valence-corrected chi connectivity index (χ3v) is 0.807. The van der Waals surface area contributed by atoms with Crippen LogP contribution in [0.3, 0.4) is 0 Å². The van der Waals surface area contributed by atoms with Crippen LogP contribution in [0.5, 0.6) is 5.75 Å². The highest BCUT2D eigenvalue weighted by molar-refractivity contribution is 5.18. The Morgan fingerprint density at radius 1 is 1.10 bits per heavy atom. The van der Waals surface area contributed by atoms with Gasteiger partial charge < -0.3 is 4.42 Å². The quantitative estimate of drug-likeness (QED) is 0.580. The SMILES string of the molecule is FOc1c(F)oc(F)c1F. The Bertz CT molecular complexity index is 244. The lowest BCUT2D eigenvalue weighted by Crippen LogP contribution is -1.80. The molecule has 0 radical (unpaired) electrons. The second-order valence-electron chi connectivity index (χ2n) is 1.37. The van der Waals surface area contributed by atoms with Crippen molar-refractivity contribution < 1.29 is 27.1 Å². The first kappa shape index (κ1) is 6.91. The molecule has 0 spiro atoms. The minimum absolute atomic E-state index is 1.50. The van der Waals surface area contributed by atoms with Crippen molar-refractivity contribution in [1.29, 1.82) is 0 Å². The lowest BCUT2D eigenvalue weighted by Gasteiger charge is -1.82. The van der Waals surface area contributed by atoms with Crippen LogP contribution in [0.15, 0.2) is 4.42 Å². The normalized spacial score (nSPS) is 10.0. The predicted molar refractivity (Wildman–Crippen MR) is 20.3 cm³/mol. The summed E-state index contributed by atoms with van der Waals surface area (Å²) in [7, 11) is 0. The van der Waals surface area contributed by atoms with E-state index in [1.165, 1.54) is 0 Å². The maximum atomic E-state index is 11.9. The van der Waals surface area contributed by atoms with Gasteiger partial charge in [-0.1, -0.05) is 0 Å². The Labute approximate surface area is 51.9 Å². The summed E-state index contributed by atoms with van der Waals surface area (Å²) in [4.78, 5) is 2.61. The molecule has 2 nitrogen and oxygen atoms in total. The molecule has 0 saturated heterocycles. The largest absolute Gasteiger partial charge is 0.399 e. The first-order chi connectivity index (χ1) is 4.66. The molecule has 0 aliphatic heterocycles. The minimum atomic E-state index is -1.84. The van der Waals surface area contributed by atoms with Gasteiger partial charge in [0.2, 0.25) is 5.82 Å². The van der Waals surface area contributed by atoms with Crippen molar-refractivity contribution in [3.8, 4) is 5.75 Å². The Balaban J connectivity index is 3.20. The number of furan rings is 1. The molecule has 0 atom stereocenters. The fourth-order valence-electron chi connectivity index (χ4n) is 0.410. The summed E-state index contributed by atoms with van der Waals surface area (Å²) in [5, 5.41) is 0. The van der Waals surface area contributed by atoms with Gasteiger partial charge in [0, 0.05) is 4.53 Å². The van der Waals surface area contributed by atoms with Crippen LogP contribution in [0.1, 0.15) is 0 Å². The maximum absolute atomic E-state index is 11.9. The van der Waals surface area contributed by atoms with Crippen LogP contribution in [0.2, 0.25) is 0 Å². The van der Waals surface area contributed by atoms with Crippen LogP contribution >= 0.6 is 0 Å². The van der Waals surface area contributed by atoms with Gasteiger partial charge in [0.25, 0.3) is 5.75 Å². The molecule has 1 rings (SSSR count). The van der Waals surface area contributed by atoms with E-state index in [9.17, 15) is 17.7 Å². The zero-order valence-electron chi connectivity index (χ0n) is 4.33. The molecule has 0 aliphatic rings. The fraction of sp³-hybridized carbons (Fsp3) is 0. The first-order valence-electron chi connectivity index (χ1n) is 2.08. The van der Waals surface area contributed by atoms with Crippen molar-refractivity contribution >= 4 is 0 Å². The summed E-state index contributed by atoms with van der Waals surface area (Å²) in [5.74, 6) is -3.32. The molecule has 1 aromatic heterocycles. The Hall–Kier alpha value is -1.20. The number of hydrogen-bond donors (Lipinski definition) is 0. The average Bonchev–Trinajstić information content (AvgIpc) is 2.09. The first-order valence-corrected chi connectivity index (χ1v) is 2.08. The zero-order valence-corrected chi connectivity index (χ0v) is 4.33. The van der Waals surface area contributed by atoms with Crippen molar-refractivity contribution in [2.75, 3.05) is 0 Å². The minimum Gasteiger partial charge on any atom is -0.399 e. The van der Waals surface area contributed by atoms with Gasteiger partial charge in [-0.3, -0.25) is 4.94 Å². The second-order valence-corrected chi connectivity index (χ2v) is 1.37. The molecule has 0 amide bonds. The molecule has 0 fully saturated rings. The summed E-state index contributed by atoms with van der Waals surface area (Å²) < 4.78 is 50.0. The van der Waals surface area contributed by atoms with E-state index in [1.54, 1.807) is 0 Å². The highest BCUT2D eigenvalue weighted by Crippen LogP contribution is 2.26. The molecular weight excluding hydrogens is 156 g/mol. The van der Waals surface area contributed by atoms with Crippen LogP contribution in [0.25, 0.3) is 0 Å². The topological polar surface area (TPSA) is 22.4 Å². The summed E-state index contributed by atoms with van der Waals surface area (Å²) in [5.41, 5.74) is 0. The van der Waals surface area contributed by atoms with Crippen LogP contribution in [-0.4, -0.2) is 0 Å². The van der Waals surface area contributed by atoms with Gasteiger partial charge in [0.05, 0.1) is 0 Å². The van der Waals surface area contributed by atoms with E-state index in [4.69, 9.17) is 0 Å². The average molecular weight is 156 g/mol. The van der Waals surface area contributed by atoms with Gasteiger partial charge in [0.15, 0.2) is 0 Å². The lowest BCUT2D eigenvalue weighted by molar-refractivity contribution is -0.0171. The van der Waals surface area contributed by atoms with Crippen LogP contribution in [-0.2, 0) is 0 Å². The molecule has 1 heterocycles. The lowest BCUT2D eigenvalue weighted by atomic mass is 10.5. The Morgan fingerprint density at radius 2 is 1.70 bits per heavy atom. The molecule has 1 aromatic rings. The molecule has 10 heavy (non-hydrogen) atoms. The van der Waals surface area contributed by atoms with Crippen molar-refractivity contribution in [3.05, 3.63) is 17.8 Å². The van der Waals surface area contributed by atoms with Crippen molar-refractivity contribution in [3.63, 3.8) is 0 Å². The van der Waals surface area contributed by atoms with Gasteiger partial charge in [-0.15, -0.1) is 0 Å². The molecule has 0 saturated carbocycles. The van der Waals surface area contributed by atoms with Crippen molar-refractivity contribution in [1.82, 2.24) is 0 Å². The fourth-order valence-corrected chi connectivity index (χ4v) is 0.410. The van der Waals surface area contributed by atoms with E-state index in [0.29, 0.717) is 0 Å². The third kappa shape index (κ3) is 0.810. The van der Waals surface area contributed by atoms with Crippen molar-refractivity contribution in [2.45, 2.75) is 0 Å². The monoisotopic (exact) mass is 156 g/mol. The van der Waals surface area contributed by atoms with Crippen LogP contribution < -0.4 is 4.94 Å². The summed E-state index contributed by atoms with van der Waals surface area (Å²) in [6.45, 7) is 0. The number of hydrogen-bond acceptors (Lipinski definition) is 2. The van der Waals surface area contributed by atoms with Crippen LogP contribution in [0, 0.1) is 17.8 Å². The Morgan fingerprint density at radius 3 is 1.90 bits per heavy atom. The highest BCUT2D eigenvalue weighted by atomic mass is 19.3. The number of halogens is 4. The molecule has 6 heteroatoms. The zero-order chi connectivity index (χ0) is 7.72. The molecule has 0 N–H and O–H groups in total. The maximum Gasteiger partial charge on any atom is 0.331 e. The van der Waals surface area contributed by atoms with E-state index < -0.39 is 23.6 Å². The number of rotatable bonds is 1. The smallest absolute Gasteiger partial charge is 0.331 e. The standard InChI is InChI=1S/C4F4O2/c5-1-2(10-8)4(7)9-3(1)6. The Kier molecular flexibility index (Phi) is 1.52. The summed E-state index contributed by atoms with van der Waals surface area (Å²) in [6.07, 6.45) is 0. The third-order valence-electron chi connectivity index (χ3n) is 0.807. The van der Waals surface area contributed by atoms with Gasteiger partial charge in [0.1, 0.15) is 0 Å². The van der Waals surface area contributed by atoms with Gasteiger partial charge in [-0.25, -0.2) is 0 Å². The van der Waals surface area contributed by atoms with Gasteiger partial charge in [-0.2, -0.15) is 13.2 Å². The van der Waals surface area contributed by atoms with Crippen molar-refractivity contribution in [2.24, 2.45) is 0 Å². The van der Waals surface area contributed by atoms with E-state index in [0.717, 1.165) is 0 Å². The van der Waals surface area contributed by atoms with E-state index in [-0.39, 0.29) is 0 Å². The van der Waals surface area contributed by atoms with Gasteiger partial charge in [-0.05, 0) is 0 Å². The van der Waals surface area contributed by atoms with Gasteiger partial charge >= 0.3 is 12.0 Å². The summed E-state index contributed by atoms with van der Waals surface area (Å²) >= 11 is 0. The molecule has 56 valence electrons. The van der Waals surface area contributed by atoms with Crippen LogP contribution in [0.4, 0.5) is 17.7 Å². The second kappa shape index (κ2) is 2.20. The summed E-state index contributed by atoms with van der Waals surface area (Å²) in [6, 6.07) is -3.61.